The van der Waals surface area contributed by atoms with Crippen molar-refractivity contribution < 1.29 is 8.42 Å². The van der Waals surface area contributed by atoms with Crippen LogP contribution in [0.25, 0.3) is 0 Å². The first-order valence-corrected chi connectivity index (χ1v) is 8.65. The standard InChI is InChI=1S/C13H22BrN3O2S/c1-5-17(10(2)9-16(3)4)20(18,19)13-7-6-11(14)8-12(13)15/h6-8,10H,5,9,15H2,1-4H3. The lowest BCUT2D eigenvalue weighted by molar-refractivity contribution is 0.271. The van der Waals surface area contributed by atoms with Gasteiger partial charge < -0.3 is 10.6 Å². The zero-order chi connectivity index (χ0) is 15.5. The van der Waals surface area contributed by atoms with Gasteiger partial charge in [-0.1, -0.05) is 22.9 Å². The largest absolute Gasteiger partial charge is 0.398 e. The molecule has 0 heterocycles. The fraction of sp³-hybridized carbons (Fsp3) is 0.538. The van der Waals surface area contributed by atoms with Gasteiger partial charge in [-0.15, -0.1) is 0 Å². The SMILES string of the molecule is CCN(C(C)CN(C)C)S(=O)(=O)c1ccc(Br)cc1N. The summed E-state index contributed by atoms with van der Waals surface area (Å²) in [4.78, 5) is 2.13. The molecule has 5 nitrogen and oxygen atoms in total. The number of likely N-dealkylation sites (N-methyl/N-ethyl adjacent to an activating group) is 2. The van der Waals surface area contributed by atoms with Crippen LogP contribution >= 0.6 is 15.9 Å². The third-order valence-corrected chi connectivity index (χ3v) is 5.65. The molecule has 0 aliphatic heterocycles. The predicted octanol–water partition coefficient (Wildman–Crippen LogP) is 1.99. The van der Waals surface area contributed by atoms with Gasteiger partial charge in [0, 0.05) is 23.6 Å². The molecule has 0 spiro atoms. The maximum Gasteiger partial charge on any atom is 0.245 e. The monoisotopic (exact) mass is 363 g/mol. The van der Waals surface area contributed by atoms with Crippen molar-refractivity contribution in [1.82, 2.24) is 9.21 Å². The van der Waals surface area contributed by atoms with E-state index in [1.807, 2.05) is 32.8 Å². The molecule has 2 N–H and O–H groups in total. The fourth-order valence-corrected chi connectivity index (χ4v) is 4.33. The van der Waals surface area contributed by atoms with Crippen LogP contribution in [0.2, 0.25) is 0 Å². The predicted molar refractivity (Wildman–Crippen MR) is 86.1 cm³/mol. The smallest absolute Gasteiger partial charge is 0.245 e. The molecular weight excluding hydrogens is 342 g/mol. The Hall–Kier alpha value is -0.630. The number of nitrogen functional groups attached to an aromatic ring is 1. The molecule has 20 heavy (non-hydrogen) atoms. The highest BCUT2D eigenvalue weighted by Gasteiger charge is 2.29. The Kier molecular flexibility index (Phi) is 6.00. The summed E-state index contributed by atoms with van der Waals surface area (Å²) in [5, 5.41) is 0. The van der Waals surface area contributed by atoms with Crippen molar-refractivity contribution in [2.75, 3.05) is 32.9 Å². The molecule has 7 heteroatoms. The number of anilines is 1. The van der Waals surface area contributed by atoms with Crippen LogP contribution in [0.4, 0.5) is 5.69 Å². The average Bonchev–Trinajstić information content (AvgIpc) is 2.27. The molecule has 0 saturated heterocycles. The van der Waals surface area contributed by atoms with Crippen LogP contribution in [0.3, 0.4) is 0 Å². The molecule has 0 fully saturated rings. The Morgan fingerprint density at radius 1 is 1.35 bits per heavy atom. The molecular formula is C13H22BrN3O2S. The summed E-state index contributed by atoms with van der Waals surface area (Å²) < 4.78 is 27.7. The van der Waals surface area contributed by atoms with E-state index in [1.165, 1.54) is 4.31 Å². The number of halogens is 1. The van der Waals surface area contributed by atoms with Crippen molar-refractivity contribution >= 4 is 31.6 Å². The Morgan fingerprint density at radius 2 is 1.95 bits per heavy atom. The van der Waals surface area contributed by atoms with E-state index in [0.29, 0.717) is 13.1 Å². The minimum Gasteiger partial charge on any atom is -0.398 e. The zero-order valence-electron chi connectivity index (χ0n) is 12.3. The second-order valence-electron chi connectivity index (χ2n) is 5.00. The van der Waals surface area contributed by atoms with E-state index in [9.17, 15) is 8.42 Å². The van der Waals surface area contributed by atoms with Gasteiger partial charge in [0.1, 0.15) is 4.90 Å². The lowest BCUT2D eigenvalue weighted by Gasteiger charge is -2.29. The third kappa shape index (κ3) is 3.94. The number of nitrogens with two attached hydrogens (primary N) is 1. The van der Waals surface area contributed by atoms with Gasteiger partial charge in [-0.25, -0.2) is 8.42 Å². The van der Waals surface area contributed by atoms with E-state index in [0.717, 1.165) is 4.47 Å². The number of benzene rings is 1. The first-order chi connectivity index (χ1) is 9.20. The van der Waals surface area contributed by atoms with Crippen LogP contribution in [0.1, 0.15) is 13.8 Å². The molecule has 0 aliphatic carbocycles. The number of hydrogen-bond donors (Lipinski definition) is 1. The van der Waals surface area contributed by atoms with Gasteiger partial charge in [-0.3, -0.25) is 0 Å². The summed E-state index contributed by atoms with van der Waals surface area (Å²) in [5.41, 5.74) is 6.11. The van der Waals surface area contributed by atoms with E-state index < -0.39 is 10.0 Å². The maximum atomic E-state index is 12.7. The van der Waals surface area contributed by atoms with Crippen LogP contribution in [0.15, 0.2) is 27.6 Å². The van der Waals surface area contributed by atoms with Gasteiger partial charge in [0.25, 0.3) is 0 Å². The van der Waals surface area contributed by atoms with Crippen LogP contribution in [-0.2, 0) is 10.0 Å². The van der Waals surface area contributed by atoms with Gasteiger partial charge in [0.15, 0.2) is 0 Å². The molecule has 0 saturated carbocycles. The van der Waals surface area contributed by atoms with Crippen molar-refractivity contribution in [2.45, 2.75) is 24.8 Å². The number of nitrogens with zero attached hydrogens (tertiary/aromatic N) is 2. The zero-order valence-corrected chi connectivity index (χ0v) is 14.7. The number of rotatable bonds is 6. The lowest BCUT2D eigenvalue weighted by Crippen LogP contribution is -2.43. The normalized spacial score (nSPS) is 13.9. The van der Waals surface area contributed by atoms with Gasteiger partial charge in [-0.2, -0.15) is 4.31 Å². The summed E-state index contributed by atoms with van der Waals surface area (Å²) in [7, 11) is 0.261. The molecule has 1 unspecified atom stereocenters. The van der Waals surface area contributed by atoms with Gasteiger partial charge in [0.2, 0.25) is 10.0 Å². The quantitative estimate of drug-likeness (QED) is 0.784. The van der Waals surface area contributed by atoms with Gasteiger partial charge in [-0.05, 0) is 39.2 Å². The lowest BCUT2D eigenvalue weighted by atomic mass is 10.3. The highest BCUT2D eigenvalue weighted by atomic mass is 79.9. The van der Waals surface area contributed by atoms with E-state index in [4.69, 9.17) is 5.73 Å². The van der Waals surface area contributed by atoms with Crippen LogP contribution in [-0.4, -0.2) is 50.8 Å². The van der Waals surface area contributed by atoms with E-state index >= 15 is 0 Å². The second kappa shape index (κ2) is 6.89. The van der Waals surface area contributed by atoms with Crippen molar-refractivity contribution in [3.05, 3.63) is 22.7 Å². The minimum atomic E-state index is -3.58. The molecule has 114 valence electrons. The Balaban J connectivity index is 3.18. The third-order valence-electron chi connectivity index (χ3n) is 2.99. The molecule has 0 radical (unpaired) electrons. The van der Waals surface area contributed by atoms with Crippen molar-refractivity contribution in [2.24, 2.45) is 0 Å². The Labute approximate surface area is 129 Å². The maximum absolute atomic E-state index is 12.7. The number of hydrogen-bond acceptors (Lipinski definition) is 4. The van der Waals surface area contributed by atoms with Crippen LogP contribution < -0.4 is 5.73 Å². The topological polar surface area (TPSA) is 66.6 Å². The molecule has 0 aliphatic rings. The van der Waals surface area contributed by atoms with Crippen LogP contribution in [0.5, 0.6) is 0 Å². The van der Waals surface area contributed by atoms with E-state index in [2.05, 4.69) is 15.9 Å². The summed E-state index contributed by atoms with van der Waals surface area (Å²) in [6.45, 7) is 4.80. The summed E-state index contributed by atoms with van der Waals surface area (Å²) in [6, 6.07) is 4.72. The first kappa shape index (κ1) is 17.4. The van der Waals surface area contributed by atoms with E-state index in [-0.39, 0.29) is 16.6 Å². The molecule has 0 bridgehead atoms. The first-order valence-electron chi connectivity index (χ1n) is 6.41. The van der Waals surface area contributed by atoms with Gasteiger partial charge in [0.05, 0.1) is 5.69 Å². The van der Waals surface area contributed by atoms with Crippen molar-refractivity contribution in [1.29, 1.82) is 0 Å². The summed E-state index contributed by atoms with van der Waals surface area (Å²) >= 11 is 3.28. The molecule has 1 rings (SSSR count). The Bertz CT molecular complexity index is 561. The van der Waals surface area contributed by atoms with Crippen molar-refractivity contribution in [3.63, 3.8) is 0 Å². The van der Waals surface area contributed by atoms with E-state index in [1.54, 1.807) is 18.2 Å². The fourth-order valence-electron chi connectivity index (χ4n) is 2.22. The summed E-state index contributed by atoms with van der Waals surface area (Å²) in [6.07, 6.45) is 0. The molecule has 0 aromatic heterocycles. The molecule has 1 atom stereocenters. The molecule has 1 aromatic rings. The number of sulfonamides is 1. The Morgan fingerprint density at radius 3 is 2.40 bits per heavy atom. The summed E-state index contributed by atoms with van der Waals surface area (Å²) in [5.74, 6) is 0. The van der Waals surface area contributed by atoms with Gasteiger partial charge >= 0.3 is 0 Å². The minimum absolute atomic E-state index is 0.122. The second-order valence-corrected chi connectivity index (χ2v) is 7.78. The van der Waals surface area contributed by atoms with Crippen LogP contribution in [0, 0.1) is 0 Å². The highest BCUT2D eigenvalue weighted by Crippen LogP contribution is 2.26. The molecule has 1 aromatic carbocycles. The van der Waals surface area contributed by atoms with Crippen molar-refractivity contribution in [3.8, 4) is 0 Å². The average molecular weight is 364 g/mol. The molecule has 0 amide bonds. The highest BCUT2D eigenvalue weighted by molar-refractivity contribution is 9.10.